The van der Waals surface area contributed by atoms with Crippen LogP contribution >= 0.6 is 0 Å². The van der Waals surface area contributed by atoms with E-state index >= 15 is 0 Å². The zero-order valence-electron chi connectivity index (χ0n) is 7.89. The number of benzene rings is 1. The summed E-state index contributed by atoms with van der Waals surface area (Å²) >= 11 is 0. The second-order valence-electron chi connectivity index (χ2n) is 3.81. The molecule has 0 aliphatic heterocycles. The molecule has 0 bridgehead atoms. The van der Waals surface area contributed by atoms with Crippen molar-refractivity contribution in [1.29, 1.82) is 5.41 Å². The van der Waals surface area contributed by atoms with Crippen LogP contribution in [0, 0.1) is 17.1 Å². The predicted molar refractivity (Wildman–Crippen MR) is 53.8 cm³/mol. The van der Waals surface area contributed by atoms with Gasteiger partial charge in [-0.3, -0.25) is 5.41 Å². The zero-order valence-corrected chi connectivity index (χ0v) is 7.89. The number of nitrogens with one attached hydrogen (secondary N) is 1. The SMILES string of the molecule is N=C(N)C1CCc2ccc(F)cc2C1. The van der Waals surface area contributed by atoms with Crippen LogP contribution in [0.25, 0.3) is 0 Å². The maximum atomic E-state index is 12.9. The number of rotatable bonds is 1. The first-order valence-corrected chi connectivity index (χ1v) is 4.78. The van der Waals surface area contributed by atoms with Gasteiger partial charge in [0, 0.05) is 5.92 Å². The number of aryl methyl sites for hydroxylation is 1. The second kappa shape index (κ2) is 3.40. The molecule has 1 aromatic carbocycles. The van der Waals surface area contributed by atoms with E-state index in [1.165, 1.54) is 11.6 Å². The highest BCUT2D eigenvalue weighted by molar-refractivity contribution is 5.80. The molecule has 0 spiro atoms. The number of hydrogen-bond acceptors (Lipinski definition) is 1. The molecule has 1 aliphatic rings. The molecule has 1 unspecified atom stereocenters. The van der Waals surface area contributed by atoms with Gasteiger partial charge in [-0.25, -0.2) is 4.39 Å². The molecule has 0 amide bonds. The van der Waals surface area contributed by atoms with Crippen LogP contribution in [0.2, 0.25) is 0 Å². The van der Waals surface area contributed by atoms with E-state index in [1.54, 1.807) is 6.07 Å². The summed E-state index contributed by atoms with van der Waals surface area (Å²) in [7, 11) is 0. The van der Waals surface area contributed by atoms with E-state index in [2.05, 4.69) is 0 Å². The summed E-state index contributed by atoms with van der Waals surface area (Å²) in [5.41, 5.74) is 7.66. The largest absolute Gasteiger partial charge is 0.387 e. The molecule has 0 fully saturated rings. The van der Waals surface area contributed by atoms with Crippen LogP contribution in [0.15, 0.2) is 18.2 Å². The highest BCUT2D eigenvalue weighted by atomic mass is 19.1. The summed E-state index contributed by atoms with van der Waals surface area (Å²) in [4.78, 5) is 0. The van der Waals surface area contributed by atoms with E-state index in [0.29, 0.717) is 6.42 Å². The summed E-state index contributed by atoms with van der Waals surface area (Å²) < 4.78 is 12.9. The molecule has 3 N–H and O–H groups in total. The average molecular weight is 192 g/mol. The van der Waals surface area contributed by atoms with Crippen molar-refractivity contribution in [2.45, 2.75) is 19.3 Å². The van der Waals surface area contributed by atoms with Crippen molar-refractivity contribution < 1.29 is 4.39 Å². The molecule has 74 valence electrons. The molecular weight excluding hydrogens is 179 g/mol. The maximum absolute atomic E-state index is 12.9. The van der Waals surface area contributed by atoms with Crippen molar-refractivity contribution in [2.24, 2.45) is 11.7 Å². The molecule has 1 aliphatic carbocycles. The molecule has 1 aromatic rings. The normalized spacial score (nSPS) is 20.2. The van der Waals surface area contributed by atoms with Gasteiger partial charge in [0.1, 0.15) is 5.82 Å². The van der Waals surface area contributed by atoms with Crippen LogP contribution in [0.4, 0.5) is 4.39 Å². The average Bonchev–Trinajstić information content (AvgIpc) is 2.16. The fourth-order valence-electron chi connectivity index (χ4n) is 1.99. The fraction of sp³-hybridized carbons (Fsp3) is 0.364. The van der Waals surface area contributed by atoms with Gasteiger partial charge in [-0.2, -0.15) is 0 Å². The van der Waals surface area contributed by atoms with Gasteiger partial charge in [-0.15, -0.1) is 0 Å². The minimum absolute atomic E-state index is 0.101. The fourth-order valence-corrected chi connectivity index (χ4v) is 1.99. The van der Waals surface area contributed by atoms with Crippen LogP contribution in [-0.2, 0) is 12.8 Å². The predicted octanol–water partition coefficient (Wildman–Crippen LogP) is 1.87. The van der Waals surface area contributed by atoms with Crippen LogP contribution in [-0.4, -0.2) is 5.84 Å². The van der Waals surface area contributed by atoms with Gasteiger partial charge in [0.15, 0.2) is 0 Å². The summed E-state index contributed by atoms with van der Waals surface area (Å²) in [6.07, 6.45) is 2.52. The monoisotopic (exact) mass is 192 g/mol. The van der Waals surface area contributed by atoms with Crippen LogP contribution in [0.3, 0.4) is 0 Å². The van der Waals surface area contributed by atoms with E-state index in [0.717, 1.165) is 18.4 Å². The number of nitrogens with two attached hydrogens (primary N) is 1. The van der Waals surface area contributed by atoms with E-state index in [1.807, 2.05) is 6.07 Å². The van der Waals surface area contributed by atoms with Crippen LogP contribution in [0.5, 0.6) is 0 Å². The number of fused-ring (bicyclic) bond motifs is 1. The third-order valence-corrected chi connectivity index (χ3v) is 2.84. The standard InChI is InChI=1S/C11H13FN2/c12-10-4-3-7-1-2-8(11(13)14)5-9(7)6-10/h3-4,6,8H,1-2,5H2,(H3,13,14). The van der Waals surface area contributed by atoms with Crippen molar-refractivity contribution in [3.8, 4) is 0 Å². The van der Waals surface area contributed by atoms with E-state index < -0.39 is 0 Å². The lowest BCUT2D eigenvalue weighted by atomic mass is 9.83. The lowest BCUT2D eigenvalue weighted by Gasteiger charge is -2.23. The highest BCUT2D eigenvalue weighted by Crippen LogP contribution is 2.25. The Hall–Kier alpha value is -1.38. The minimum atomic E-state index is -0.201. The number of amidine groups is 1. The van der Waals surface area contributed by atoms with Crippen molar-refractivity contribution in [2.75, 3.05) is 0 Å². The Morgan fingerprint density at radius 3 is 2.93 bits per heavy atom. The van der Waals surface area contributed by atoms with Gasteiger partial charge >= 0.3 is 0 Å². The first kappa shape index (κ1) is 9.19. The third kappa shape index (κ3) is 1.62. The van der Waals surface area contributed by atoms with Crippen molar-refractivity contribution in [1.82, 2.24) is 0 Å². The first-order valence-electron chi connectivity index (χ1n) is 4.78. The van der Waals surface area contributed by atoms with Gasteiger partial charge in [0.05, 0.1) is 5.84 Å². The molecule has 0 saturated carbocycles. The van der Waals surface area contributed by atoms with E-state index in [-0.39, 0.29) is 17.6 Å². The molecule has 2 nitrogen and oxygen atoms in total. The van der Waals surface area contributed by atoms with E-state index in [4.69, 9.17) is 11.1 Å². The molecular formula is C11H13FN2. The molecule has 0 aromatic heterocycles. The van der Waals surface area contributed by atoms with Crippen LogP contribution in [0.1, 0.15) is 17.5 Å². The van der Waals surface area contributed by atoms with Gasteiger partial charge in [-0.1, -0.05) is 6.07 Å². The number of hydrogen-bond donors (Lipinski definition) is 2. The van der Waals surface area contributed by atoms with Gasteiger partial charge in [-0.05, 0) is 42.5 Å². The van der Waals surface area contributed by atoms with Gasteiger partial charge in [0.2, 0.25) is 0 Å². The molecule has 0 radical (unpaired) electrons. The summed E-state index contributed by atoms with van der Waals surface area (Å²) in [6, 6.07) is 4.89. The maximum Gasteiger partial charge on any atom is 0.123 e. The molecule has 14 heavy (non-hydrogen) atoms. The Morgan fingerprint density at radius 2 is 2.21 bits per heavy atom. The van der Waals surface area contributed by atoms with Crippen molar-refractivity contribution in [3.05, 3.63) is 35.1 Å². The first-order chi connectivity index (χ1) is 6.66. The Morgan fingerprint density at radius 1 is 1.43 bits per heavy atom. The smallest absolute Gasteiger partial charge is 0.123 e. The Balaban J connectivity index is 2.29. The Kier molecular flexibility index (Phi) is 2.23. The lowest BCUT2D eigenvalue weighted by Crippen LogP contribution is -2.28. The Bertz CT molecular complexity index is 374. The third-order valence-electron chi connectivity index (χ3n) is 2.84. The topological polar surface area (TPSA) is 49.9 Å². The van der Waals surface area contributed by atoms with Crippen LogP contribution < -0.4 is 5.73 Å². The molecule has 0 heterocycles. The van der Waals surface area contributed by atoms with Gasteiger partial charge in [0.25, 0.3) is 0 Å². The van der Waals surface area contributed by atoms with Crippen molar-refractivity contribution in [3.63, 3.8) is 0 Å². The summed E-state index contributed by atoms with van der Waals surface area (Å²) in [5.74, 6) is 0.122. The summed E-state index contributed by atoms with van der Waals surface area (Å²) in [5, 5.41) is 7.37. The second-order valence-corrected chi connectivity index (χ2v) is 3.81. The molecule has 3 heteroatoms. The van der Waals surface area contributed by atoms with E-state index in [9.17, 15) is 4.39 Å². The van der Waals surface area contributed by atoms with Gasteiger partial charge < -0.3 is 5.73 Å². The Labute approximate surface area is 82.4 Å². The summed E-state index contributed by atoms with van der Waals surface area (Å²) in [6.45, 7) is 0. The molecule has 1 atom stereocenters. The quantitative estimate of drug-likeness (QED) is 0.518. The molecule has 0 saturated heterocycles. The zero-order chi connectivity index (χ0) is 10.1. The number of halogens is 1. The van der Waals surface area contributed by atoms with Crippen molar-refractivity contribution >= 4 is 5.84 Å². The lowest BCUT2D eigenvalue weighted by molar-refractivity contribution is 0.565. The highest BCUT2D eigenvalue weighted by Gasteiger charge is 2.20. The minimum Gasteiger partial charge on any atom is -0.387 e. The molecule has 2 rings (SSSR count).